The van der Waals surface area contributed by atoms with E-state index in [9.17, 15) is 4.79 Å². The van der Waals surface area contributed by atoms with Gasteiger partial charge in [0.25, 0.3) is 0 Å². The maximum absolute atomic E-state index is 10.8. The van der Waals surface area contributed by atoms with Gasteiger partial charge in [-0.15, -0.1) is 0 Å². The van der Waals surface area contributed by atoms with Crippen LogP contribution in [0.15, 0.2) is 0 Å². The molecule has 0 bridgehead atoms. The van der Waals surface area contributed by atoms with Crippen LogP contribution >= 0.6 is 0 Å². The third-order valence-electron chi connectivity index (χ3n) is 2.40. The molecule has 1 rings (SSSR count). The Morgan fingerprint density at radius 1 is 1.55 bits per heavy atom. The van der Waals surface area contributed by atoms with E-state index in [1.807, 2.05) is 0 Å². The molecule has 2 atom stereocenters. The molecule has 64 valence electrons. The van der Waals surface area contributed by atoms with Crippen molar-refractivity contribution in [2.24, 2.45) is 11.7 Å². The fourth-order valence-electron chi connectivity index (χ4n) is 1.92. The summed E-state index contributed by atoms with van der Waals surface area (Å²) in [4.78, 5) is 10.8. The van der Waals surface area contributed by atoms with Crippen LogP contribution in [0, 0.1) is 5.92 Å². The zero-order valence-corrected chi connectivity index (χ0v) is 7.18. The van der Waals surface area contributed by atoms with Crippen LogP contribution in [0.5, 0.6) is 0 Å². The van der Waals surface area contributed by atoms with E-state index in [4.69, 9.17) is 5.73 Å². The first-order valence-electron chi connectivity index (χ1n) is 4.43. The molecule has 0 aromatic rings. The molecule has 0 amide bonds. The van der Waals surface area contributed by atoms with Gasteiger partial charge in [0.15, 0.2) is 0 Å². The van der Waals surface area contributed by atoms with E-state index in [-0.39, 0.29) is 0 Å². The van der Waals surface area contributed by atoms with Crippen molar-refractivity contribution < 1.29 is 4.79 Å². The second kappa shape index (κ2) is 3.86. The van der Waals surface area contributed by atoms with Crippen molar-refractivity contribution in [3.8, 4) is 0 Å². The lowest BCUT2D eigenvalue weighted by Crippen LogP contribution is -2.28. The minimum absolute atomic E-state index is 0.309. The van der Waals surface area contributed by atoms with Crippen LogP contribution in [0.2, 0.25) is 0 Å². The van der Waals surface area contributed by atoms with Gasteiger partial charge in [0.05, 0.1) is 0 Å². The number of hydrogen-bond acceptors (Lipinski definition) is 2. The first kappa shape index (κ1) is 8.72. The summed E-state index contributed by atoms with van der Waals surface area (Å²) < 4.78 is 0. The summed E-state index contributed by atoms with van der Waals surface area (Å²) in [6.07, 6.45) is 5.36. The molecule has 0 aromatic heterocycles. The summed E-state index contributed by atoms with van der Waals surface area (Å²) >= 11 is 0. The summed E-state index contributed by atoms with van der Waals surface area (Å²) in [5, 5.41) is 0. The molecule has 1 aliphatic rings. The molecule has 2 N–H and O–H groups in total. The molecule has 2 heteroatoms. The first-order chi connectivity index (χ1) is 5.18. The van der Waals surface area contributed by atoms with Gasteiger partial charge in [-0.25, -0.2) is 0 Å². The quantitative estimate of drug-likeness (QED) is 0.656. The number of carbonyl (C=O) groups is 1. The fourth-order valence-corrected chi connectivity index (χ4v) is 1.92. The Kier molecular flexibility index (Phi) is 3.06. The third-order valence-corrected chi connectivity index (χ3v) is 2.40. The average molecular weight is 155 g/mol. The van der Waals surface area contributed by atoms with E-state index in [0.717, 1.165) is 19.3 Å². The van der Waals surface area contributed by atoms with Crippen molar-refractivity contribution >= 4 is 5.78 Å². The highest BCUT2D eigenvalue weighted by Crippen LogP contribution is 2.25. The maximum Gasteiger partial charge on any atom is 0.130 e. The highest BCUT2D eigenvalue weighted by Gasteiger charge is 2.19. The molecule has 1 aliphatic carbocycles. The van der Waals surface area contributed by atoms with Crippen molar-refractivity contribution in [1.29, 1.82) is 0 Å². The lowest BCUT2D eigenvalue weighted by Gasteiger charge is -2.25. The molecule has 0 radical (unpaired) electrons. The summed E-state index contributed by atoms with van der Waals surface area (Å²) in [7, 11) is 0. The van der Waals surface area contributed by atoms with E-state index < -0.39 is 0 Å². The molecule has 0 aliphatic heterocycles. The summed E-state index contributed by atoms with van der Waals surface area (Å²) in [6, 6.07) is 0.355. The van der Waals surface area contributed by atoms with Gasteiger partial charge in [-0.2, -0.15) is 0 Å². The molecular formula is C9H17NO. The zero-order valence-electron chi connectivity index (χ0n) is 7.18. The Hall–Kier alpha value is -0.370. The summed E-state index contributed by atoms with van der Waals surface area (Å²) in [5.74, 6) is 0.889. The number of carbonyl (C=O) groups excluding carboxylic acids is 1. The lowest BCUT2D eigenvalue weighted by molar-refractivity contribution is -0.118. The van der Waals surface area contributed by atoms with Crippen molar-refractivity contribution in [2.45, 2.75) is 45.1 Å². The summed E-state index contributed by atoms with van der Waals surface area (Å²) in [6.45, 7) is 1.67. The minimum atomic E-state index is 0.309. The molecule has 0 heterocycles. The monoisotopic (exact) mass is 155 g/mol. The van der Waals surface area contributed by atoms with Gasteiger partial charge in [0.1, 0.15) is 5.78 Å². The Morgan fingerprint density at radius 2 is 2.27 bits per heavy atom. The van der Waals surface area contributed by atoms with Crippen molar-refractivity contribution in [1.82, 2.24) is 0 Å². The van der Waals surface area contributed by atoms with Crippen molar-refractivity contribution in [2.75, 3.05) is 0 Å². The highest BCUT2D eigenvalue weighted by atomic mass is 16.1. The Bertz CT molecular complexity index is 144. The van der Waals surface area contributed by atoms with Gasteiger partial charge < -0.3 is 10.5 Å². The van der Waals surface area contributed by atoms with Crippen LogP contribution in [-0.2, 0) is 4.79 Å². The predicted octanol–water partition coefficient (Wildman–Crippen LogP) is 1.48. The van der Waals surface area contributed by atoms with Gasteiger partial charge in [0.2, 0.25) is 0 Å². The Balaban J connectivity index is 2.28. The normalized spacial score (nSPS) is 31.8. The molecular weight excluding hydrogens is 138 g/mol. The number of rotatable bonds is 2. The number of Topliss-reactive ketones (excluding diaryl/α,β-unsaturated/α-hetero) is 1. The maximum atomic E-state index is 10.8. The molecule has 0 unspecified atom stereocenters. The Labute approximate surface area is 68.2 Å². The van der Waals surface area contributed by atoms with Crippen LogP contribution in [0.4, 0.5) is 0 Å². The largest absolute Gasteiger partial charge is 0.328 e. The number of nitrogens with two attached hydrogens (primary N) is 1. The molecule has 11 heavy (non-hydrogen) atoms. The van der Waals surface area contributed by atoms with Gasteiger partial charge in [-0.05, 0) is 32.1 Å². The summed E-state index contributed by atoms with van der Waals surface area (Å²) in [5.41, 5.74) is 5.79. The number of hydrogen-bond donors (Lipinski definition) is 1. The molecule has 0 saturated heterocycles. The van der Waals surface area contributed by atoms with E-state index in [1.165, 1.54) is 12.8 Å². The predicted molar refractivity (Wildman–Crippen MR) is 45.2 cm³/mol. The molecule has 0 spiro atoms. The molecule has 0 aromatic carbocycles. The van der Waals surface area contributed by atoms with E-state index in [2.05, 4.69) is 0 Å². The number of ketones is 1. The molecule has 2 nitrogen and oxygen atoms in total. The van der Waals surface area contributed by atoms with E-state index in [1.54, 1.807) is 6.92 Å². The van der Waals surface area contributed by atoms with Crippen LogP contribution < -0.4 is 5.73 Å². The SMILES string of the molecule is CC(=O)C[C@@H]1CCC[C@@H](N)C1. The average Bonchev–Trinajstić information content (AvgIpc) is 1.85. The Morgan fingerprint density at radius 3 is 2.82 bits per heavy atom. The molecule has 1 fully saturated rings. The topological polar surface area (TPSA) is 43.1 Å². The second-order valence-electron chi connectivity index (χ2n) is 3.70. The standard InChI is InChI=1S/C9H17NO/c1-7(11)5-8-3-2-4-9(10)6-8/h8-9H,2-6,10H2,1H3/t8-,9+/m0/s1. The fraction of sp³-hybridized carbons (Fsp3) is 0.889. The van der Waals surface area contributed by atoms with E-state index >= 15 is 0 Å². The molecule has 1 saturated carbocycles. The lowest BCUT2D eigenvalue weighted by atomic mass is 9.83. The first-order valence-corrected chi connectivity index (χ1v) is 4.43. The second-order valence-corrected chi connectivity index (χ2v) is 3.70. The van der Waals surface area contributed by atoms with Crippen molar-refractivity contribution in [3.63, 3.8) is 0 Å². The van der Waals surface area contributed by atoms with Gasteiger partial charge >= 0.3 is 0 Å². The van der Waals surface area contributed by atoms with Gasteiger partial charge in [0, 0.05) is 12.5 Å². The van der Waals surface area contributed by atoms with Crippen LogP contribution in [0.1, 0.15) is 39.0 Å². The third kappa shape index (κ3) is 3.02. The van der Waals surface area contributed by atoms with E-state index in [0.29, 0.717) is 17.7 Å². The van der Waals surface area contributed by atoms with Gasteiger partial charge in [-0.1, -0.05) is 6.42 Å². The highest BCUT2D eigenvalue weighted by molar-refractivity contribution is 5.75. The zero-order chi connectivity index (χ0) is 8.27. The van der Waals surface area contributed by atoms with Crippen LogP contribution in [-0.4, -0.2) is 11.8 Å². The van der Waals surface area contributed by atoms with Crippen LogP contribution in [0.25, 0.3) is 0 Å². The van der Waals surface area contributed by atoms with Gasteiger partial charge in [-0.3, -0.25) is 0 Å². The minimum Gasteiger partial charge on any atom is -0.328 e. The van der Waals surface area contributed by atoms with Crippen molar-refractivity contribution in [3.05, 3.63) is 0 Å². The smallest absolute Gasteiger partial charge is 0.130 e. The van der Waals surface area contributed by atoms with Crippen LogP contribution in [0.3, 0.4) is 0 Å².